The molecule has 0 spiro atoms. The van der Waals surface area contributed by atoms with Crippen LogP contribution in [-0.4, -0.2) is 13.0 Å². The highest BCUT2D eigenvalue weighted by Gasteiger charge is 2.13. The number of carbonyl (C=O) groups excluding carboxylic acids is 1. The van der Waals surface area contributed by atoms with Crippen molar-refractivity contribution in [3.05, 3.63) is 52.5 Å². The fraction of sp³-hybridized carbons (Fsp3) is 0.188. The summed E-state index contributed by atoms with van der Waals surface area (Å²) in [7, 11) is 1.57. The number of ether oxygens (including phenoxy) is 1. The number of halogens is 1. The molecule has 0 fully saturated rings. The zero-order chi connectivity index (χ0) is 15.4. The minimum absolute atomic E-state index is 0.227. The van der Waals surface area contributed by atoms with E-state index in [9.17, 15) is 4.79 Å². The lowest BCUT2D eigenvalue weighted by molar-refractivity contribution is 0.0961. The molecule has 21 heavy (non-hydrogen) atoms. The predicted octanol–water partition coefficient (Wildman–Crippen LogP) is 3.64. The fourth-order valence-electron chi connectivity index (χ4n) is 1.96. The van der Waals surface area contributed by atoms with Gasteiger partial charge in [-0.1, -0.05) is 18.5 Å². The van der Waals surface area contributed by atoms with Crippen LogP contribution in [-0.2, 0) is 6.42 Å². The average molecular weight is 305 g/mol. The number of carbonyl (C=O) groups is 1. The maximum atomic E-state index is 11.9. The van der Waals surface area contributed by atoms with Gasteiger partial charge in [0.05, 0.1) is 5.56 Å². The molecule has 3 N–H and O–H groups in total. The van der Waals surface area contributed by atoms with Crippen LogP contribution in [0.4, 0.5) is 5.69 Å². The summed E-state index contributed by atoms with van der Waals surface area (Å²) in [6.07, 6.45) is 0.801. The first-order valence-electron chi connectivity index (χ1n) is 6.63. The van der Waals surface area contributed by atoms with Crippen molar-refractivity contribution in [2.45, 2.75) is 13.3 Å². The number of benzene rings is 2. The van der Waals surface area contributed by atoms with Gasteiger partial charge in [-0.25, -0.2) is 0 Å². The minimum atomic E-state index is -0.227. The van der Waals surface area contributed by atoms with E-state index in [1.54, 1.807) is 37.4 Å². The van der Waals surface area contributed by atoms with Crippen LogP contribution in [0, 0.1) is 0 Å². The Morgan fingerprint density at radius 1 is 1.29 bits per heavy atom. The number of nitrogens with two attached hydrogens (primary N) is 1. The molecule has 0 radical (unpaired) electrons. The second kappa shape index (κ2) is 6.50. The van der Waals surface area contributed by atoms with Crippen molar-refractivity contribution in [1.82, 2.24) is 5.32 Å². The Bertz CT molecular complexity index is 671. The highest BCUT2D eigenvalue weighted by molar-refractivity contribution is 6.31. The SMILES string of the molecule is CCc1cc(Oc2cc(N)ccc2C(=O)NC)ccc1Cl. The van der Waals surface area contributed by atoms with Crippen molar-refractivity contribution in [3.8, 4) is 11.5 Å². The summed E-state index contributed by atoms with van der Waals surface area (Å²) in [5, 5.41) is 3.28. The van der Waals surface area contributed by atoms with Crippen LogP contribution in [0.3, 0.4) is 0 Å². The Balaban J connectivity index is 2.38. The third kappa shape index (κ3) is 3.47. The molecule has 0 saturated carbocycles. The molecule has 0 atom stereocenters. The summed E-state index contributed by atoms with van der Waals surface area (Å²) in [6.45, 7) is 2.02. The molecule has 0 aromatic heterocycles. The lowest BCUT2D eigenvalue weighted by atomic mass is 10.1. The van der Waals surface area contributed by atoms with Crippen molar-refractivity contribution < 1.29 is 9.53 Å². The smallest absolute Gasteiger partial charge is 0.254 e. The molecule has 0 heterocycles. The number of rotatable bonds is 4. The molecule has 0 aliphatic carbocycles. The van der Waals surface area contributed by atoms with E-state index in [4.69, 9.17) is 22.1 Å². The maximum Gasteiger partial charge on any atom is 0.254 e. The fourth-order valence-corrected chi connectivity index (χ4v) is 2.21. The Labute approximate surface area is 128 Å². The molecule has 5 heteroatoms. The number of aryl methyl sites for hydroxylation is 1. The summed E-state index contributed by atoms with van der Waals surface area (Å²) >= 11 is 6.09. The zero-order valence-electron chi connectivity index (χ0n) is 11.9. The molecule has 2 aromatic carbocycles. The van der Waals surface area contributed by atoms with Crippen molar-refractivity contribution in [2.24, 2.45) is 0 Å². The third-order valence-electron chi connectivity index (χ3n) is 3.10. The van der Waals surface area contributed by atoms with E-state index in [0.717, 1.165) is 12.0 Å². The van der Waals surface area contributed by atoms with Crippen LogP contribution >= 0.6 is 11.6 Å². The molecule has 4 nitrogen and oxygen atoms in total. The van der Waals surface area contributed by atoms with Crippen LogP contribution in [0.5, 0.6) is 11.5 Å². The number of amides is 1. The van der Waals surface area contributed by atoms with Gasteiger partial charge >= 0.3 is 0 Å². The second-order valence-electron chi connectivity index (χ2n) is 4.54. The molecule has 0 unspecified atom stereocenters. The van der Waals surface area contributed by atoms with Crippen LogP contribution < -0.4 is 15.8 Å². The van der Waals surface area contributed by atoms with Gasteiger partial charge in [0.1, 0.15) is 11.5 Å². The number of hydrogen-bond acceptors (Lipinski definition) is 3. The average Bonchev–Trinajstić information content (AvgIpc) is 2.48. The highest BCUT2D eigenvalue weighted by atomic mass is 35.5. The van der Waals surface area contributed by atoms with Crippen LogP contribution in [0.2, 0.25) is 5.02 Å². The lowest BCUT2D eigenvalue weighted by Gasteiger charge is -2.12. The Morgan fingerprint density at radius 3 is 2.71 bits per heavy atom. The van der Waals surface area contributed by atoms with Crippen molar-refractivity contribution >= 4 is 23.2 Å². The predicted molar refractivity (Wildman–Crippen MR) is 85.1 cm³/mol. The first-order valence-corrected chi connectivity index (χ1v) is 7.00. The molecular weight excluding hydrogens is 288 g/mol. The van der Waals surface area contributed by atoms with Crippen LogP contribution in [0.1, 0.15) is 22.8 Å². The van der Waals surface area contributed by atoms with E-state index >= 15 is 0 Å². The number of nitrogens with one attached hydrogen (secondary N) is 1. The lowest BCUT2D eigenvalue weighted by Crippen LogP contribution is -2.18. The van der Waals surface area contributed by atoms with Gasteiger partial charge in [0, 0.05) is 23.8 Å². The van der Waals surface area contributed by atoms with Gasteiger partial charge in [-0.15, -0.1) is 0 Å². The van der Waals surface area contributed by atoms with E-state index in [1.807, 2.05) is 13.0 Å². The second-order valence-corrected chi connectivity index (χ2v) is 4.95. The van der Waals surface area contributed by atoms with E-state index < -0.39 is 0 Å². The third-order valence-corrected chi connectivity index (χ3v) is 3.47. The van der Waals surface area contributed by atoms with Gasteiger partial charge in [0.2, 0.25) is 0 Å². The van der Waals surface area contributed by atoms with Gasteiger partial charge in [0.25, 0.3) is 5.91 Å². The van der Waals surface area contributed by atoms with Crippen molar-refractivity contribution in [2.75, 3.05) is 12.8 Å². The molecule has 2 aromatic rings. The Morgan fingerprint density at radius 2 is 2.05 bits per heavy atom. The van der Waals surface area contributed by atoms with Gasteiger partial charge in [-0.2, -0.15) is 0 Å². The summed E-state index contributed by atoms with van der Waals surface area (Å²) in [5.74, 6) is 0.806. The first-order chi connectivity index (χ1) is 10.0. The number of anilines is 1. The summed E-state index contributed by atoms with van der Waals surface area (Å²) < 4.78 is 5.81. The topological polar surface area (TPSA) is 64.3 Å². The summed E-state index contributed by atoms with van der Waals surface area (Å²) in [4.78, 5) is 11.9. The van der Waals surface area contributed by atoms with Gasteiger partial charge in [-0.05, 0) is 42.3 Å². The minimum Gasteiger partial charge on any atom is -0.456 e. The largest absolute Gasteiger partial charge is 0.456 e. The van der Waals surface area contributed by atoms with Gasteiger partial charge in [0.15, 0.2) is 0 Å². The maximum absolute atomic E-state index is 11.9. The van der Waals surface area contributed by atoms with Crippen molar-refractivity contribution in [1.29, 1.82) is 0 Å². The van der Waals surface area contributed by atoms with E-state index in [0.29, 0.717) is 27.8 Å². The zero-order valence-corrected chi connectivity index (χ0v) is 12.7. The normalized spacial score (nSPS) is 10.2. The van der Waals surface area contributed by atoms with Crippen molar-refractivity contribution in [3.63, 3.8) is 0 Å². The van der Waals surface area contributed by atoms with E-state index in [1.165, 1.54) is 0 Å². The standard InChI is InChI=1S/C16H17ClN2O2/c1-3-10-8-12(5-7-14(10)17)21-15-9-11(18)4-6-13(15)16(20)19-2/h4-9H,3,18H2,1-2H3,(H,19,20). The number of hydrogen-bond donors (Lipinski definition) is 2. The molecule has 0 aliphatic rings. The molecule has 2 rings (SSSR count). The molecule has 0 aliphatic heterocycles. The number of nitrogen functional groups attached to an aromatic ring is 1. The van der Waals surface area contributed by atoms with Gasteiger partial charge < -0.3 is 15.8 Å². The molecule has 1 amide bonds. The van der Waals surface area contributed by atoms with Crippen LogP contribution in [0.25, 0.3) is 0 Å². The first kappa shape index (κ1) is 15.2. The summed E-state index contributed by atoms with van der Waals surface area (Å²) in [5.41, 5.74) is 7.72. The Hall–Kier alpha value is -2.20. The highest BCUT2D eigenvalue weighted by Crippen LogP contribution is 2.30. The van der Waals surface area contributed by atoms with Gasteiger partial charge in [-0.3, -0.25) is 4.79 Å². The quantitative estimate of drug-likeness (QED) is 0.848. The van der Waals surface area contributed by atoms with E-state index in [-0.39, 0.29) is 5.91 Å². The molecule has 0 bridgehead atoms. The molecular formula is C16H17ClN2O2. The molecule has 0 saturated heterocycles. The van der Waals surface area contributed by atoms with E-state index in [2.05, 4.69) is 5.32 Å². The molecule has 110 valence electrons. The van der Waals surface area contributed by atoms with Crippen LogP contribution in [0.15, 0.2) is 36.4 Å². The summed E-state index contributed by atoms with van der Waals surface area (Å²) in [6, 6.07) is 10.3. The monoisotopic (exact) mass is 304 g/mol. The Kier molecular flexibility index (Phi) is 4.70.